The largest absolute Gasteiger partial charge is 0.494 e. The number of carbonyl (C=O) groups excluding carboxylic acids is 1. The average Bonchev–Trinajstić information content (AvgIpc) is 2.56. The first kappa shape index (κ1) is 19.0. The second-order valence-electron chi connectivity index (χ2n) is 4.97. The Morgan fingerprint density at radius 1 is 1.13 bits per heavy atom. The number of para-hydroxylation sites is 1. The van der Waals surface area contributed by atoms with E-state index in [1.807, 2.05) is 61.5 Å². The molecule has 0 aliphatic rings. The molecule has 124 valence electrons. The predicted octanol–water partition coefficient (Wildman–Crippen LogP) is 2.87. The Bertz CT molecular complexity index is 605. The molecule has 0 bridgehead atoms. The first-order chi connectivity index (χ1) is 10.7. The number of carbonyl (C=O) groups is 1. The Morgan fingerprint density at radius 3 is 2.48 bits per heavy atom. The number of ether oxygens (including phenoxy) is 1. The topological polar surface area (TPSA) is 64.3 Å². The highest BCUT2D eigenvalue weighted by atomic mass is 35.5. The van der Waals surface area contributed by atoms with Crippen LogP contribution in [-0.4, -0.2) is 19.1 Å². The van der Waals surface area contributed by atoms with Crippen LogP contribution in [0.25, 0.3) is 0 Å². The predicted molar refractivity (Wildman–Crippen MR) is 94.9 cm³/mol. The minimum absolute atomic E-state index is 0. The molecule has 0 radical (unpaired) electrons. The summed E-state index contributed by atoms with van der Waals surface area (Å²) in [7, 11) is 0. The molecule has 1 unspecified atom stereocenters. The molecule has 0 saturated heterocycles. The zero-order chi connectivity index (χ0) is 15.8. The molecule has 0 fully saturated rings. The Labute approximate surface area is 143 Å². The van der Waals surface area contributed by atoms with Crippen LogP contribution in [0.2, 0.25) is 0 Å². The summed E-state index contributed by atoms with van der Waals surface area (Å²) in [5, 5.41) is 2.88. The minimum Gasteiger partial charge on any atom is -0.494 e. The minimum atomic E-state index is -0.636. The summed E-state index contributed by atoms with van der Waals surface area (Å²) >= 11 is 0. The Morgan fingerprint density at radius 2 is 1.78 bits per heavy atom. The van der Waals surface area contributed by atoms with E-state index in [0.29, 0.717) is 19.6 Å². The normalized spacial score (nSPS) is 11.2. The lowest BCUT2D eigenvalue weighted by atomic mass is 10.1. The van der Waals surface area contributed by atoms with E-state index in [4.69, 9.17) is 10.5 Å². The lowest BCUT2D eigenvalue weighted by molar-refractivity contribution is -0.122. The molecule has 0 aromatic heterocycles. The zero-order valence-electron chi connectivity index (χ0n) is 13.2. The van der Waals surface area contributed by atoms with Crippen molar-refractivity contribution in [1.82, 2.24) is 5.32 Å². The Hall–Kier alpha value is -2.04. The highest BCUT2D eigenvalue weighted by Gasteiger charge is 2.14. The number of benzene rings is 2. The van der Waals surface area contributed by atoms with E-state index >= 15 is 0 Å². The molecule has 4 nitrogen and oxygen atoms in total. The summed E-state index contributed by atoms with van der Waals surface area (Å²) in [4.78, 5) is 12.1. The molecule has 3 N–H and O–H groups in total. The van der Waals surface area contributed by atoms with Gasteiger partial charge in [0.05, 0.1) is 6.61 Å². The van der Waals surface area contributed by atoms with Gasteiger partial charge in [0, 0.05) is 6.54 Å². The fraction of sp³-hybridized carbons (Fsp3) is 0.278. The fourth-order valence-corrected chi connectivity index (χ4v) is 2.25. The average molecular weight is 335 g/mol. The number of halogens is 1. The molecule has 0 heterocycles. The van der Waals surface area contributed by atoms with Gasteiger partial charge in [0.2, 0.25) is 5.91 Å². The monoisotopic (exact) mass is 334 g/mol. The van der Waals surface area contributed by atoms with Crippen molar-refractivity contribution in [3.8, 4) is 5.75 Å². The van der Waals surface area contributed by atoms with Gasteiger partial charge in [-0.25, -0.2) is 0 Å². The first-order valence-electron chi connectivity index (χ1n) is 7.51. The van der Waals surface area contributed by atoms with Gasteiger partial charge in [0.25, 0.3) is 0 Å². The maximum Gasteiger partial charge on any atom is 0.241 e. The van der Waals surface area contributed by atoms with E-state index < -0.39 is 6.04 Å². The number of rotatable bonds is 7. The van der Waals surface area contributed by atoms with Gasteiger partial charge in [-0.1, -0.05) is 48.5 Å². The smallest absolute Gasteiger partial charge is 0.241 e. The molecule has 1 atom stereocenters. The van der Waals surface area contributed by atoms with Crippen molar-refractivity contribution in [2.45, 2.75) is 19.4 Å². The van der Waals surface area contributed by atoms with Crippen molar-refractivity contribution in [3.05, 3.63) is 65.7 Å². The molecule has 2 aromatic carbocycles. The van der Waals surface area contributed by atoms with Crippen molar-refractivity contribution >= 4 is 18.3 Å². The van der Waals surface area contributed by atoms with E-state index in [1.54, 1.807) is 0 Å². The lowest BCUT2D eigenvalue weighted by Gasteiger charge is -2.14. The SMILES string of the molecule is CCOc1ccccc1CCNC(=O)C(N)c1ccccc1.Cl. The summed E-state index contributed by atoms with van der Waals surface area (Å²) in [5.41, 5.74) is 7.85. The van der Waals surface area contributed by atoms with Crippen LogP contribution in [0.1, 0.15) is 24.1 Å². The molecule has 2 aromatic rings. The van der Waals surface area contributed by atoms with Gasteiger partial charge in [-0.05, 0) is 30.5 Å². The van der Waals surface area contributed by atoms with Crippen molar-refractivity contribution < 1.29 is 9.53 Å². The van der Waals surface area contributed by atoms with Crippen LogP contribution in [0.5, 0.6) is 5.75 Å². The maximum absolute atomic E-state index is 12.1. The van der Waals surface area contributed by atoms with Gasteiger partial charge in [-0.3, -0.25) is 4.79 Å². The molecule has 1 amide bonds. The number of hydrogen-bond donors (Lipinski definition) is 2. The molecule has 0 aliphatic heterocycles. The van der Waals surface area contributed by atoms with Crippen LogP contribution >= 0.6 is 12.4 Å². The highest BCUT2D eigenvalue weighted by molar-refractivity contribution is 5.85. The fourth-order valence-electron chi connectivity index (χ4n) is 2.25. The van der Waals surface area contributed by atoms with Gasteiger partial charge in [0.1, 0.15) is 11.8 Å². The summed E-state index contributed by atoms with van der Waals surface area (Å²) in [6.45, 7) is 3.11. The van der Waals surface area contributed by atoms with Crippen LogP contribution in [0, 0.1) is 0 Å². The second-order valence-corrected chi connectivity index (χ2v) is 4.97. The Kier molecular flexibility index (Phi) is 8.16. The van der Waals surface area contributed by atoms with Crippen molar-refractivity contribution in [1.29, 1.82) is 0 Å². The number of nitrogens with two attached hydrogens (primary N) is 1. The lowest BCUT2D eigenvalue weighted by Crippen LogP contribution is -2.35. The number of hydrogen-bond acceptors (Lipinski definition) is 3. The molecular formula is C18H23ClN2O2. The van der Waals surface area contributed by atoms with E-state index in [2.05, 4.69) is 5.32 Å². The van der Waals surface area contributed by atoms with Gasteiger partial charge in [-0.15, -0.1) is 12.4 Å². The van der Waals surface area contributed by atoms with E-state index in [-0.39, 0.29) is 18.3 Å². The van der Waals surface area contributed by atoms with E-state index in [9.17, 15) is 4.79 Å². The molecule has 23 heavy (non-hydrogen) atoms. The van der Waals surface area contributed by atoms with Gasteiger partial charge in [0.15, 0.2) is 0 Å². The van der Waals surface area contributed by atoms with Crippen LogP contribution in [0.15, 0.2) is 54.6 Å². The van der Waals surface area contributed by atoms with Crippen molar-refractivity contribution in [3.63, 3.8) is 0 Å². The zero-order valence-corrected chi connectivity index (χ0v) is 14.0. The third-order valence-electron chi connectivity index (χ3n) is 3.41. The van der Waals surface area contributed by atoms with Gasteiger partial charge >= 0.3 is 0 Å². The Balaban J connectivity index is 0.00000264. The van der Waals surface area contributed by atoms with Gasteiger partial charge in [-0.2, -0.15) is 0 Å². The van der Waals surface area contributed by atoms with Gasteiger partial charge < -0.3 is 15.8 Å². The highest BCUT2D eigenvalue weighted by Crippen LogP contribution is 2.18. The van der Waals surface area contributed by atoms with E-state index in [0.717, 1.165) is 16.9 Å². The quantitative estimate of drug-likeness (QED) is 0.818. The summed E-state index contributed by atoms with van der Waals surface area (Å²) in [5.74, 6) is 0.701. The third kappa shape index (κ3) is 5.58. The summed E-state index contributed by atoms with van der Waals surface area (Å²) < 4.78 is 5.57. The number of nitrogens with one attached hydrogen (secondary N) is 1. The molecule has 0 aliphatic carbocycles. The summed E-state index contributed by atoms with van der Waals surface area (Å²) in [6.07, 6.45) is 0.712. The number of amides is 1. The summed E-state index contributed by atoms with van der Waals surface area (Å²) in [6, 6.07) is 16.6. The molecule has 0 spiro atoms. The molecular weight excluding hydrogens is 312 g/mol. The molecule has 5 heteroatoms. The maximum atomic E-state index is 12.1. The van der Waals surface area contributed by atoms with Crippen molar-refractivity contribution in [2.75, 3.05) is 13.2 Å². The molecule has 0 saturated carbocycles. The van der Waals surface area contributed by atoms with E-state index in [1.165, 1.54) is 0 Å². The van der Waals surface area contributed by atoms with Crippen LogP contribution in [0.4, 0.5) is 0 Å². The van der Waals surface area contributed by atoms with Crippen molar-refractivity contribution in [2.24, 2.45) is 5.73 Å². The second kappa shape index (κ2) is 9.87. The molecule has 2 rings (SSSR count). The van der Waals surface area contributed by atoms with Crippen LogP contribution in [0.3, 0.4) is 0 Å². The van der Waals surface area contributed by atoms with Crippen LogP contribution in [-0.2, 0) is 11.2 Å². The van der Waals surface area contributed by atoms with Crippen LogP contribution < -0.4 is 15.8 Å². The standard InChI is InChI=1S/C18H22N2O2.ClH/c1-2-22-16-11-7-6-8-14(16)12-13-20-18(21)17(19)15-9-4-3-5-10-15;/h3-11,17H,2,12-13,19H2,1H3,(H,20,21);1H. The third-order valence-corrected chi connectivity index (χ3v) is 3.41. The first-order valence-corrected chi connectivity index (χ1v) is 7.51.